The van der Waals surface area contributed by atoms with E-state index in [0.717, 1.165) is 13.0 Å². The van der Waals surface area contributed by atoms with E-state index < -0.39 is 4.92 Å². The predicted molar refractivity (Wildman–Crippen MR) is 73.3 cm³/mol. The molecule has 0 saturated carbocycles. The van der Waals surface area contributed by atoms with Crippen molar-refractivity contribution in [2.45, 2.75) is 20.3 Å². The van der Waals surface area contributed by atoms with Crippen LogP contribution in [0.25, 0.3) is 0 Å². The van der Waals surface area contributed by atoms with Crippen molar-refractivity contribution in [3.63, 3.8) is 0 Å². The van der Waals surface area contributed by atoms with E-state index in [0.29, 0.717) is 24.2 Å². The van der Waals surface area contributed by atoms with Crippen molar-refractivity contribution in [2.24, 2.45) is 0 Å². The minimum absolute atomic E-state index is 0.0308. The van der Waals surface area contributed by atoms with Crippen LogP contribution < -0.4 is 10.6 Å². The molecule has 0 unspecified atom stereocenters. The molecule has 6 nitrogen and oxygen atoms in total. The lowest BCUT2D eigenvalue weighted by Crippen LogP contribution is -2.32. The van der Waals surface area contributed by atoms with Gasteiger partial charge in [0.15, 0.2) is 0 Å². The first kappa shape index (κ1) is 15.1. The summed E-state index contributed by atoms with van der Waals surface area (Å²) in [6.45, 7) is 5.75. The van der Waals surface area contributed by atoms with Gasteiger partial charge in [-0.15, -0.1) is 0 Å². The van der Waals surface area contributed by atoms with Crippen LogP contribution in [0.3, 0.4) is 0 Å². The number of nitro groups is 1. The van der Waals surface area contributed by atoms with Crippen LogP contribution in [-0.2, 0) is 0 Å². The molecule has 0 aliphatic heterocycles. The molecular weight excluding hydrogens is 246 g/mol. The van der Waals surface area contributed by atoms with Gasteiger partial charge in [0, 0.05) is 30.3 Å². The number of carbonyl (C=O) groups is 1. The standard InChI is InChI=1S/C13H19N3O3/c1-3-7-14-8-9-15-13(17)11-5-4-6-12(10(11)2)16(18)19/h4-6,14H,3,7-9H2,1-2H3,(H,15,17). The quantitative estimate of drug-likeness (QED) is 0.446. The van der Waals surface area contributed by atoms with Gasteiger partial charge in [0.05, 0.1) is 4.92 Å². The first-order valence-corrected chi connectivity index (χ1v) is 6.30. The van der Waals surface area contributed by atoms with Gasteiger partial charge in [-0.2, -0.15) is 0 Å². The second-order valence-corrected chi connectivity index (χ2v) is 4.21. The Bertz CT molecular complexity index is 460. The van der Waals surface area contributed by atoms with Gasteiger partial charge in [0.1, 0.15) is 0 Å². The van der Waals surface area contributed by atoms with E-state index in [9.17, 15) is 14.9 Å². The van der Waals surface area contributed by atoms with E-state index in [1.165, 1.54) is 12.1 Å². The zero-order chi connectivity index (χ0) is 14.3. The van der Waals surface area contributed by atoms with Gasteiger partial charge in [0.2, 0.25) is 0 Å². The summed E-state index contributed by atoms with van der Waals surface area (Å²) in [7, 11) is 0. The predicted octanol–water partition coefficient (Wildman–Crippen LogP) is 1.63. The number of nitro benzene ring substituents is 1. The van der Waals surface area contributed by atoms with Gasteiger partial charge in [-0.25, -0.2) is 0 Å². The van der Waals surface area contributed by atoms with E-state index in [-0.39, 0.29) is 11.6 Å². The molecule has 0 aliphatic carbocycles. The van der Waals surface area contributed by atoms with Gasteiger partial charge in [-0.1, -0.05) is 13.0 Å². The third kappa shape index (κ3) is 4.33. The molecule has 0 fully saturated rings. The largest absolute Gasteiger partial charge is 0.351 e. The maximum absolute atomic E-state index is 11.9. The van der Waals surface area contributed by atoms with Crippen molar-refractivity contribution in [3.05, 3.63) is 39.4 Å². The maximum Gasteiger partial charge on any atom is 0.273 e. The number of nitrogens with zero attached hydrogens (tertiary/aromatic N) is 1. The second-order valence-electron chi connectivity index (χ2n) is 4.21. The molecule has 2 N–H and O–H groups in total. The van der Waals surface area contributed by atoms with E-state index in [4.69, 9.17) is 0 Å². The molecule has 0 radical (unpaired) electrons. The Balaban J connectivity index is 2.62. The number of nitrogens with one attached hydrogen (secondary N) is 2. The van der Waals surface area contributed by atoms with E-state index in [1.807, 2.05) is 0 Å². The lowest BCUT2D eigenvalue weighted by Gasteiger charge is -2.08. The molecule has 0 aliphatic rings. The Labute approximate surface area is 112 Å². The average molecular weight is 265 g/mol. The fourth-order valence-electron chi connectivity index (χ4n) is 1.73. The van der Waals surface area contributed by atoms with Crippen LogP contribution in [0.1, 0.15) is 29.3 Å². The molecule has 0 atom stereocenters. The molecule has 19 heavy (non-hydrogen) atoms. The molecular formula is C13H19N3O3. The van der Waals surface area contributed by atoms with Gasteiger partial charge in [0.25, 0.3) is 11.6 Å². The van der Waals surface area contributed by atoms with Crippen molar-refractivity contribution in [1.29, 1.82) is 0 Å². The van der Waals surface area contributed by atoms with Crippen LogP contribution in [0.2, 0.25) is 0 Å². The average Bonchev–Trinajstić information content (AvgIpc) is 2.38. The molecule has 1 aromatic rings. The summed E-state index contributed by atoms with van der Waals surface area (Å²) < 4.78 is 0. The highest BCUT2D eigenvalue weighted by Crippen LogP contribution is 2.20. The number of rotatable bonds is 7. The lowest BCUT2D eigenvalue weighted by molar-refractivity contribution is -0.385. The van der Waals surface area contributed by atoms with Gasteiger partial charge in [-0.05, 0) is 26.0 Å². The molecule has 1 rings (SSSR count). The Kier molecular flexibility index (Phi) is 5.95. The van der Waals surface area contributed by atoms with Crippen molar-refractivity contribution in [2.75, 3.05) is 19.6 Å². The highest BCUT2D eigenvalue weighted by molar-refractivity contribution is 5.96. The topological polar surface area (TPSA) is 84.3 Å². The highest BCUT2D eigenvalue weighted by Gasteiger charge is 2.17. The summed E-state index contributed by atoms with van der Waals surface area (Å²) in [6.07, 6.45) is 1.04. The molecule has 1 aromatic carbocycles. The fourth-order valence-corrected chi connectivity index (χ4v) is 1.73. The van der Waals surface area contributed by atoms with Crippen LogP contribution in [0.4, 0.5) is 5.69 Å². The zero-order valence-corrected chi connectivity index (χ0v) is 11.2. The Morgan fingerprint density at radius 3 is 2.68 bits per heavy atom. The fraction of sp³-hybridized carbons (Fsp3) is 0.462. The minimum atomic E-state index is -0.477. The SMILES string of the molecule is CCCNCCNC(=O)c1cccc([N+](=O)[O-])c1C. The van der Waals surface area contributed by atoms with Crippen molar-refractivity contribution < 1.29 is 9.72 Å². The number of hydrogen-bond donors (Lipinski definition) is 2. The zero-order valence-electron chi connectivity index (χ0n) is 11.2. The maximum atomic E-state index is 11.9. The van der Waals surface area contributed by atoms with Crippen LogP contribution >= 0.6 is 0 Å². The summed E-state index contributed by atoms with van der Waals surface area (Å²) in [4.78, 5) is 22.2. The smallest absolute Gasteiger partial charge is 0.273 e. The second kappa shape index (κ2) is 7.48. The molecule has 0 aromatic heterocycles. The molecule has 0 heterocycles. The molecule has 104 valence electrons. The van der Waals surface area contributed by atoms with Crippen molar-refractivity contribution >= 4 is 11.6 Å². The summed E-state index contributed by atoms with van der Waals surface area (Å²) >= 11 is 0. The van der Waals surface area contributed by atoms with Crippen LogP contribution in [0.15, 0.2) is 18.2 Å². The molecule has 1 amide bonds. The number of amides is 1. The first-order chi connectivity index (χ1) is 9.07. The lowest BCUT2D eigenvalue weighted by atomic mass is 10.1. The number of benzene rings is 1. The summed E-state index contributed by atoms with van der Waals surface area (Å²) in [5.41, 5.74) is 0.716. The Morgan fingerprint density at radius 2 is 2.05 bits per heavy atom. The highest BCUT2D eigenvalue weighted by atomic mass is 16.6. The van der Waals surface area contributed by atoms with E-state index in [1.54, 1.807) is 13.0 Å². The summed E-state index contributed by atoms with van der Waals surface area (Å²) in [5.74, 6) is -0.278. The monoisotopic (exact) mass is 265 g/mol. The van der Waals surface area contributed by atoms with E-state index >= 15 is 0 Å². The third-order valence-corrected chi connectivity index (χ3v) is 2.76. The first-order valence-electron chi connectivity index (χ1n) is 6.30. The molecule has 6 heteroatoms. The van der Waals surface area contributed by atoms with Crippen molar-refractivity contribution in [3.8, 4) is 0 Å². The van der Waals surface area contributed by atoms with Gasteiger partial charge in [-0.3, -0.25) is 14.9 Å². The van der Waals surface area contributed by atoms with E-state index in [2.05, 4.69) is 17.6 Å². The van der Waals surface area contributed by atoms with Crippen LogP contribution in [0, 0.1) is 17.0 Å². The Hall–Kier alpha value is -1.95. The van der Waals surface area contributed by atoms with Gasteiger partial charge < -0.3 is 10.6 Å². The number of carbonyl (C=O) groups excluding carboxylic acids is 1. The van der Waals surface area contributed by atoms with Gasteiger partial charge >= 0.3 is 0 Å². The molecule has 0 spiro atoms. The molecule has 0 saturated heterocycles. The Morgan fingerprint density at radius 1 is 1.32 bits per heavy atom. The number of hydrogen-bond acceptors (Lipinski definition) is 4. The van der Waals surface area contributed by atoms with Crippen LogP contribution in [0.5, 0.6) is 0 Å². The minimum Gasteiger partial charge on any atom is -0.351 e. The summed E-state index contributed by atoms with van der Waals surface area (Å²) in [6, 6.07) is 4.52. The normalized spacial score (nSPS) is 10.2. The van der Waals surface area contributed by atoms with Crippen molar-refractivity contribution in [1.82, 2.24) is 10.6 Å². The third-order valence-electron chi connectivity index (χ3n) is 2.76. The molecule has 0 bridgehead atoms. The van der Waals surface area contributed by atoms with Crippen LogP contribution in [-0.4, -0.2) is 30.5 Å². The summed E-state index contributed by atoms with van der Waals surface area (Å²) in [5, 5.41) is 16.7.